The predicted molar refractivity (Wildman–Crippen MR) is 80.2 cm³/mol. The minimum absolute atomic E-state index is 0.0140. The van der Waals surface area contributed by atoms with Gasteiger partial charge in [0.25, 0.3) is 0 Å². The van der Waals surface area contributed by atoms with Gasteiger partial charge in [0.15, 0.2) is 0 Å². The molecular formula is C15H27N3O3. The third-order valence-electron chi connectivity index (χ3n) is 4.60. The van der Waals surface area contributed by atoms with Crippen LogP contribution in [0.25, 0.3) is 0 Å². The number of nitrogens with zero attached hydrogens (tertiary/aromatic N) is 1. The van der Waals surface area contributed by atoms with Gasteiger partial charge in [-0.15, -0.1) is 0 Å². The highest BCUT2D eigenvalue weighted by Crippen LogP contribution is 2.33. The average molecular weight is 297 g/mol. The number of likely N-dealkylation sites (N-methyl/N-ethyl adjacent to an activating group) is 1. The summed E-state index contributed by atoms with van der Waals surface area (Å²) in [6.45, 7) is 1.44. The Kier molecular flexibility index (Phi) is 5.85. The lowest BCUT2D eigenvalue weighted by Crippen LogP contribution is -2.46. The summed E-state index contributed by atoms with van der Waals surface area (Å²) < 4.78 is 0. The van der Waals surface area contributed by atoms with Crippen LogP contribution >= 0.6 is 0 Å². The number of urea groups is 1. The number of hydrogen-bond donors (Lipinski definition) is 3. The summed E-state index contributed by atoms with van der Waals surface area (Å²) in [5.74, 6) is -0.513. The molecule has 6 nitrogen and oxygen atoms in total. The monoisotopic (exact) mass is 297 g/mol. The van der Waals surface area contributed by atoms with E-state index >= 15 is 0 Å². The van der Waals surface area contributed by atoms with Crippen molar-refractivity contribution in [2.75, 3.05) is 20.1 Å². The van der Waals surface area contributed by atoms with Crippen molar-refractivity contribution in [2.45, 2.75) is 57.0 Å². The van der Waals surface area contributed by atoms with E-state index in [0.29, 0.717) is 18.5 Å². The molecule has 1 unspecified atom stereocenters. The summed E-state index contributed by atoms with van der Waals surface area (Å²) in [6.07, 6.45) is 7.17. The van der Waals surface area contributed by atoms with E-state index in [1.54, 1.807) is 0 Å². The molecular weight excluding hydrogens is 270 g/mol. The van der Waals surface area contributed by atoms with Crippen LogP contribution in [-0.2, 0) is 4.79 Å². The molecule has 0 heterocycles. The summed E-state index contributed by atoms with van der Waals surface area (Å²) in [5, 5.41) is 14.5. The number of rotatable bonds is 8. The highest BCUT2D eigenvalue weighted by atomic mass is 16.4. The van der Waals surface area contributed by atoms with Crippen molar-refractivity contribution in [1.29, 1.82) is 0 Å². The van der Waals surface area contributed by atoms with E-state index < -0.39 is 5.97 Å². The summed E-state index contributed by atoms with van der Waals surface area (Å²) in [4.78, 5) is 24.9. The van der Waals surface area contributed by atoms with Crippen molar-refractivity contribution >= 4 is 12.0 Å². The molecule has 2 fully saturated rings. The van der Waals surface area contributed by atoms with Gasteiger partial charge in [-0.25, -0.2) is 4.79 Å². The number of nitrogens with one attached hydrogen (secondary N) is 2. The quantitative estimate of drug-likeness (QED) is 0.633. The Balaban J connectivity index is 1.62. The zero-order valence-electron chi connectivity index (χ0n) is 12.8. The second-order valence-electron chi connectivity index (χ2n) is 6.36. The zero-order valence-corrected chi connectivity index (χ0v) is 12.8. The molecule has 0 aliphatic heterocycles. The number of hydrogen-bond acceptors (Lipinski definition) is 3. The molecule has 2 saturated carbocycles. The Hall–Kier alpha value is -1.30. The van der Waals surface area contributed by atoms with Crippen molar-refractivity contribution in [3.63, 3.8) is 0 Å². The van der Waals surface area contributed by atoms with Crippen LogP contribution in [0, 0.1) is 5.92 Å². The molecule has 21 heavy (non-hydrogen) atoms. The Labute approximate surface area is 126 Å². The molecule has 1 atom stereocenters. The molecule has 120 valence electrons. The van der Waals surface area contributed by atoms with E-state index in [1.807, 2.05) is 0 Å². The van der Waals surface area contributed by atoms with Crippen molar-refractivity contribution in [2.24, 2.45) is 5.92 Å². The molecule has 2 aliphatic carbocycles. The lowest BCUT2D eigenvalue weighted by molar-refractivity contribution is -0.137. The molecule has 0 spiro atoms. The lowest BCUT2D eigenvalue weighted by Gasteiger charge is -2.24. The maximum Gasteiger partial charge on any atom is 0.315 e. The molecule has 0 aromatic rings. The second kappa shape index (κ2) is 7.64. The minimum Gasteiger partial charge on any atom is -0.481 e. The van der Waals surface area contributed by atoms with E-state index in [2.05, 4.69) is 22.6 Å². The Bertz CT molecular complexity index is 365. The standard InChI is InChI=1S/C15H27N3O3/c1-18(12-4-2-3-5-12)9-8-16-15(21)17-13(10-14(19)20)11-6-7-11/h11-13H,2-10H2,1H3,(H,19,20)(H2,16,17,21). The van der Waals surface area contributed by atoms with E-state index in [9.17, 15) is 9.59 Å². The third kappa shape index (κ3) is 5.53. The molecule has 2 aliphatic rings. The highest BCUT2D eigenvalue weighted by Gasteiger charge is 2.33. The number of aliphatic carboxylic acids is 1. The van der Waals surface area contributed by atoms with E-state index in [4.69, 9.17) is 5.11 Å². The predicted octanol–water partition coefficient (Wildman–Crippen LogP) is 1.41. The van der Waals surface area contributed by atoms with E-state index in [-0.39, 0.29) is 18.5 Å². The maximum absolute atomic E-state index is 11.8. The summed E-state index contributed by atoms with van der Waals surface area (Å²) in [6, 6.07) is 0.184. The topological polar surface area (TPSA) is 81.7 Å². The van der Waals surface area contributed by atoms with Gasteiger partial charge >= 0.3 is 12.0 Å². The van der Waals surface area contributed by atoms with Crippen LogP contribution in [0.5, 0.6) is 0 Å². The van der Waals surface area contributed by atoms with E-state index in [1.165, 1.54) is 25.7 Å². The molecule has 2 rings (SSSR count). The first-order valence-corrected chi connectivity index (χ1v) is 8.02. The Morgan fingerprint density at radius 1 is 1.24 bits per heavy atom. The van der Waals surface area contributed by atoms with Gasteiger partial charge in [0.2, 0.25) is 0 Å². The Morgan fingerprint density at radius 2 is 1.90 bits per heavy atom. The van der Waals surface area contributed by atoms with Crippen LogP contribution in [0.15, 0.2) is 0 Å². The SMILES string of the molecule is CN(CCNC(=O)NC(CC(=O)O)C1CC1)C1CCCC1. The fraction of sp³-hybridized carbons (Fsp3) is 0.867. The summed E-state index contributed by atoms with van der Waals surface area (Å²) >= 11 is 0. The van der Waals surface area contributed by atoms with Gasteiger partial charge in [0, 0.05) is 25.2 Å². The van der Waals surface area contributed by atoms with Gasteiger partial charge in [0.05, 0.1) is 6.42 Å². The Morgan fingerprint density at radius 3 is 2.48 bits per heavy atom. The summed E-state index contributed by atoms with van der Waals surface area (Å²) in [7, 11) is 2.10. The largest absolute Gasteiger partial charge is 0.481 e. The molecule has 0 aromatic heterocycles. The number of carbonyl (C=O) groups excluding carboxylic acids is 1. The molecule has 0 aromatic carbocycles. The maximum atomic E-state index is 11.8. The van der Waals surface area contributed by atoms with Gasteiger partial charge in [-0.05, 0) is 38.6 Å². The number of carboxylic acid groups (broad SMARTS) is 1. The van der Waals surface area contributed by atoms with Gasteiger partial charge in [0.1, 0.15) is 0 Å². The number of amides is 2. The molecule has 0 saturated heterocycles. The first kappa shape index (κ1) is 16.1. The summed E-state index contributed by atoms with van der Waals surface area (Å²) in [5.41, 5.74) is 0. The van der Waals surface area contributed by atoms with Crippen molar-refractivity contribution in [1.82, 2.24) is 15.5 Å². The smallest absolute Gasteiger partial charge is 0.315 e. The van der Waals surface area contributed by atoms with Crippen LogP contribution in [0.4, 0.5) is 4.79 Å². The van der Waals surface area contributed by atoms with Crippen LogP contribution in [0.1, 0.15) is 44.9 Å². The number of carbonyl (C=O) groups is 2. The van der Waals surface area contributed by atoms with Gasteiger partial charge in [-0.3, -0.25) is 4.79 Å². The molecule has 6 heteroatoms. The fourth-order valence-electron chi connectivity index (χ4n) is 3.12. The molecule has 2 amide bonds. The second-order valence-corrected chi connectivity index (χ2v) is 6.36. The van der Waals surface area contributed by atoms with Crippen molar-refractivity contribution in [3.05, 3.63) is 0 Å². The first-order valence-electron chi connectivity index (χ1n) is 8.02. The van der Waals surface area contributed by atoms with Crippen LogP contribution in [-0.4, -0.2) is 54.2 Å². The molecule has 3 N–H and O–H groups in total. The minimum atomic E-state index is -0.854. The zero-order chi connectivity index (χ0) is 15.2. The van der Waals surface area contributed by atoms with Gasteiger partial charge < -0.3 is 20.6 Å². The molecule has 0 bridgehead atoms. The van der Waals surface area contributed by atoms with Crippen molar-refractivity contribution < 1.29 is 14.7 Å². The lowest BCUT2D eigenvalue weighted by atomic mass is 10.1. The van der Waals surface area contributed by atoms with Crippen LogP contribution < -0.4 is 10.6 Å². The van der Waals surface area contributed by atoms with Crippen molar-refractivity contribution in [3.8, 4) is 0 Å². The van der Waals surface area contributed by atoms with E-state index in [0.717, 1.165) is 19.4 Å². The van der Waals surface area contributed by atoms with Gasteiger partial charge in [-0.1, -0.05) is 12.8 Å². The average Bonchev–Trinajstić information content (AvgIpc) is 3.12. The van der Waals surface area contributed by atoms with Crippen LogP contribution in [0.3, 0.4) is 0 Å². The first-order chi connectivity index (χ1) is 10.1. The third-order valence-corrected chi connectivity index (χ3v) is 4.60. The highest BCUT2D eigenvalue weighted by molar-refractivity contribution is 5.75. The normalized spacial score (nSPS) is 20.5. The number of carboxylic acids is 1. The fourth-order valence-corrected chi connectivity index (χ4v) is 3.12. The van der Waals surface area contributed by atoms with Gasteiger partial charge in [-0.2, -0.15) is 0 Å². The van der Waals surface area contributed by atoms with Crippen LogP contribution in [0.2, 0.25) is 0 Å². The molecule has 0 radical (unpaired) electrons.